The molecule has 2 aromatic carbocycles. The third-order valence-electron chi connectivity index (χ3n) is 5.23. The molecule has 0 saturated carbocycles. The minimum Gasteiger partial charge on any atom is -0.490 e. The van der Waals surface area contributed by atoms with Crippen LogP contribution >= 0.6 is 0 Å². The van der Waals surface area contributed by atoms with Crippen molar-refractivity contribution in [3.63, 3.8) is 0 Å². The molecule has 5 amide bonds. The van der Waals surface area contributed by atoms with Gasteiger partial charge in [-0.3, -0.25) is 19.3 Å². The molecule has 0 aromatic heterocycles. The smallest absolute Gasteiger partial charge is 0.324 e. The predicted molar refractivity (Wildman–Crippen MR) is 125 cm³/mol. The molecule has 1 fully saturated rings. The Morgan fingerprint density at radius 2 is 1.82 bits per heavy atom. The zero-order valence-electron chi connectivity index (χ0n) is 18.6. The van der Waals surface area contributed by atoms with E-state index in [0.29, 0.717) is 35.1 Å². The monoisotopic (exact) mass is 464 g/mol. The lowest BCUT2D eigenvalue weighted by atomic mass is 10.1. The Labute approximate surface area is 195 Å². The van der Waals surface area contributed by atoms with E-state index in [-0.39, 0.29) is 43.8 Å². The van der Waals surface area contributed by atoms with E-state index < -0.39 is 6.03 Å². The summed E-state index contributed by atoms with van der Waals surface area (Å²) >= 11 is 0. The fraction of sp³-hybridized carbons (Fsp3) is 0.250. The van der Waals surface area contributed by atoms with Crippen LogP contribution < -0.4 is 25.4 Å². The molecular formula is C24H24N4O6. The normalized spacial score (nSPS) is 14.5. The summed E-state index contributed by atoms with van der Waals surface area (Å²) in [4.78, 5) is 48.9. The van der Waals surface area contributed by atoms with Crippen molar-refractivity contribution >= 4 is 41.2 Å². The largest absolute Gasteiger partial charge is 0.490 e. The van der Waals surface area contributed by atoms with Crippen LogP contribution in [-0.4, -0.2) is 55.0 Å². The molecule has 0 bridgehead atoms. The highest BCUT2D eigenvalue weighted by Gasteiger charge is 2.28. The molecule has 0 spiro atoms. The maximum atomic E-state index is 12.7. The van der Waals surface area contributed by atoms with Crippen molar-refractivity contribution in [1.29, 1.82) is 0 Å². The molecule has 2 heterocycles. The Kier molecular flexibility index (Phi) is 6.77. The van der Waals surface area contributed by atoms with Gasteiger partial charge < -0.3 is 25.4 Å². The van der Waals surface area contributed by atoms with E-state index in [1.807, 2.05) is 25.1 Å². The van der Waals surface area contributed by atoms with E-state index >= 15 is 0 Å². The van der Waals surface area contributed by atoms with E-state index in [1.165, 1.54) is 0 Å². The molecule has 2 aliphatic rings. The zero-order valence-corrected chi connectivity index (χ0v) is 18.6. The molecule has 2 aliphatic heterocycles. The van der Waals surface area contributed by atoms with Crippen LogP contribution in [0.15, 0.2) is 48.0 Å². The molecule has 0 atom stereocenters. The van der Waals surface area contributed by atoms with Crippen molar-refractivity contribution in [3.05, 3.63) is 53.6 Å². The van der Waals surface area contributed by atoms with Gasteiger partial charge in [0, 0.05) is 29.9 Å². The van der Waals surface area contributed by atoms with Crippen molar-refractivity contribution in [2.24, 2.45) is 0 Å². The van der Waals surface area contributed by atoms with E-state index in [2.05, 4.69) is 16.0 Å². The van der Waals surface area contributed by atoms with Gasteiger partial charge in [0.05, 0.1) is 18.7 Å². The number of amides is 5. The number of nitrogens with one attached hydrogen (secondary N) is 3. The van der Waals surface area contributed by atoms with Crippen LogP contribution in [0.4, 0.5) is 16.2 Å². The van der Waals surface area contributed by atoms with Gasteiger partial charge in [0.2, 0.25) is 11.8 Å². The van der Waals surface area contributed by atoms with Gasteiger partial charge in [-0.1, -0.05) is 12.1 Å². The molecule has 10 heteroatoms. The summed E-state index contributed by atoms with van der Waals surface area (Å²) in [6.07, 6.45) is 1.76. The van der Waals surface area contributed by atoms with Gasteiger partial charge >= 0.3 is 6.03 Å². The summed E-state index contributed by atoms with van der Waals surface area (Å²) in [5.74, 6) is 0.283. The van der Waals surface area contributed by atoms with Crippen LogP contribution in [0.25, 0.3) is 6.08 Å². The van der Waals surface area contributed by atoms with E-state index in [0.717, 1.165) is 10.5 Å². The summed E-state index contributed by atoms with van der Waals surface area (Å²) in [5.41, 5.74) is 2.32. The van der Waals surface area contributed by atoms with Crippen molar-refractivity contribution in [1.82, 2.24) is 10.2 Å². The number of nitrogens with zero attached hydrogens (tertiary/aromatic N) is 1. The number of rotatable bonds is 8. The van der Waals surface area contributed by atoms with Crippen molar-refractivity contribution < 1.29 is 28.7 Å². The number of hydrogen-bond acceptors (Lipinski definition) is 6. The fourth-order valence-electron chi connectivity index (χ4n) is 3.55. The number of fused-ring (bicyclic) bond motifs is 1. The number of ether oxygens (including phenoxy) is 2. The van der Waals surface area contributed by atoms with Crippen LogP contribution in [0.2, 0.25) is 0 Å². The molecule has 10 nitrogen and oxygen atoms in total. The number of benzene rings is 2. The maximum absolute atomic E-state index is 12.7. The number of carbonyl (C=O) groups excluding carboxylic acids is 4. The van der Waals surface area contributed by atoms with Gasteiger partial charge in [-0.2, -0.15) is 0 Å². The van der Waals surface area contributed by atoms with E-state index in [9.17, 15) is 19.2 Å². The second-order valence-corrected chi connectivity index (χ2v) is 7.60. The van der Waals surface area contributed by atoms with Crippen molar-refractivity contribution in [2.75, 3.05) is 36.9 Å². The van der Waals surface area contributed by atoms with Crippen LogP contribution in [-0.2, 0) is 14.4 Å². The molecule has 176 valence electrons. The Balaban J connectivity index is 1.31. The first-order valence-electron chi connectivity index (χ1n) is 10.8. The molecule has 0 radical (unpaired) electrons. The first-order valence-corrected chi connectivity index (χ1v) is 10.8. The number of imide groups is 1. The highest BCUT2D eigenvalue weighted by molar-refractivity contribution is 6.07. The zero-order chi connectivity index (χ0) is 24.1. The standard InChI is InChI=1S/C24H24N4O6/c1-2-33-19-5-3-4-15-12-16(14-34-22(15)19)23(31)27-18-8-6-17(7-9-18)26-20(29)10-11-28-21(30)13-25-24(28)32/h3-9,12H,2,10-11,13-14H2,1H3,(H,25,32)(H,26,29)(H,27,31). The molecule has 1 saturated heterocycles. The Morgan fingerprint density at radius 3 is 2.50 bits per heavy atom. The van der Waals surface area contributed by atoms with Crippen molar-refractivity contribution in [3.8, 4) is 11.5 Å². The van der Waals surface area contributed by atoms with Crippen LogP contribution in [0.3, 0.4) is 0 Å². The van der Waals surface area contributed by atoms with Gasteiger partial charge in [-0.05, 0) is 43.3 Å². The number of hydrogen-bond donors (Lipinski definition) is 3. The second kappa shape index (κ2) is 10.1. The fourth-order valence-corrected chi connectivity index (χ4v) is 3.55. The van der Waals surface area contributed by atoms with E-state index in [1.54, 1.807) is 30.3 Å². The average molecular weight is 464 g/mol. The molecule has 4 rings (SSSR count). The third-order valence-corrected chi connectivity index (χ3v) is 5.23. The van der Waals surface area contributed by atoms with Gasteiger partial charge in [-0.25, -0.2) is 4.79 Å². The average Bonchev–Trinajstić information content (AvgIpc) is 3.16. The minimum absolute atomic E-state index is 0.0109. The topological polar surface area (TPSA) is 126 Å². The van der Waals surface area contributed by atoms with Gasteiger partial charge in [0.15, 0.2) is 11.5 Å². The quantitative estimate of drug-likeness (QED) is 0.515. The van der Waals surface area contributed by atoms with Crippen LogP contribution in [0, 0.1) is 0 Å². The summed E-state index contributed by atoms with van der Waals surface area (Å²) in [5, 5.41) is 7.92. The minimum atomic E-state index is -0.491. The number of para-hydroxylation sites is 1. The lowest BCUT2D eigenvalue weighted by molar-refractivity contribution is -0.125. The summed E-state index contributed by atoms with van der Waals surface area (Å²) in [6.45, 7) is 2.50. The maximum Gasteiger partial charge on any atom is 0.324 e. The lowest BCUT2D eigenvalue weighted by Gasteiger charge is -2.20. The first kappa shape index (κ1) is 22.8. The molecule has 3 N–H and O–H groups in total. The Bertz CT molecular complexity index is 1140. The molecule has 2 aromatic rings. The van der Waals surface area contributed by atoms with Crippen LogP contribution in [0.1, 0.15) is 18.9 Å². The molecule has 0 aliphatic carbocycles. The highest BCUT2D eigenvalue weighted by atomic mass is 16.5. The predicted octanol–water partition coefficient (Wildman–Crippen LogP) is 2.38. The molecule has 0 unspecified atom stereocenters. The number of carbonyl (C=O) groups is 4. The van der Waals surface area contributed by atoms with Crippen LogP contribution in [0.5, 0.6) is 11.5 Å². The number of urea groups is 1. The number of anilines is 2. The van der Waals surface area contributed by atoms with Gasteiger partial charge in [-0.15, -0.1) is 0 Å². The van der Waals surface area contributed by atoms with Gasteiger partial charge in [0.25, 0.3) is 5.91 Å². The molecular weight excluding hydrogens is 440 g/mol. The molecule has 34 heavy (non-hydrogen) atoms. The lowest BCUT2D eigenvalue weighted by Crippen LogP contribution is -2.33. The Morgan fingerprint density at radius 1 is 1.09 bits per heavy atom. The first-order chi connectivity index (χ1) is 16.4. The summed E-state index contributed by atoms with van der Waals surface area (Å²) < 4.78 is 11.3. The highest BCUT2D eigenvalue weighted by Crippen LogP contribution is 2.36. The van der Waals surface area contributed by atoms with E-state index in [4.69, 9.17) is 9.47 Å². The SMILES string of the molecule is CCOc1cccc2c1OCC(C(=O)Nc1ccc(NC(=O)CCN3C(=O)CNC3=O)cc1)=C2. The van der Waals surface area contributed by atoms with Crippen molar-refractivity contribution in [2.45, 2.75) is 13.3 Å². The van der Waals surface area contributed by atoms with Gasteiger partial charge in [0.1, 0.15) is 6.61 Å². The Hall–Kier alpha value is -4.34. The summed E-state index contributed by atoms with van der Waals surface area (Å²) in [7, 11) is 0. The second-order valence-electron chi connectivity index (χ2n) is 7.60. The summed E-state index contributed by atoms with van der Waals surface area (Å²) in [6, 6.07) is 11.7. The third kappa shape index (κ3) is 5.17.